The van der Waals surface area contributed by atoms with E-state index in [-0.39, 0.29) is 17.8 Å². The molecule has 0 aromatic carbocycles. The third-order valence-corrected chi connectivity index (χ3v) is 7.56. The molecule has 2 unspecified atom stereocenters. The molecule has 0 saturated heterocycles. The lowest BCUT2D eigenvalue weighted by atomic mass is 9.54. The van der Waals surface area contributed by atoms with Crippen molar-refractivity contribution in [2.75, 3.05) is 6.61 Å². The van der Waals surface area contributed by atoms with Crippen molar-refractivity contribution in [3.05, 3.63) is 76.0 Å². The van der Waals surface area contributed by atoms with Crippen LogP contribution in [-0.2, 0) is 14.3 Å². The number of hydrogen-bond donors (Lipinski definition) is 1. The SMILES string of the molecule is C/C=C\C=C(\Br)C1=CC=C=C(C(C)(C)NC(=O)C2[C@@H]3CC(/C=C/C(=O)OCCC)C[C@H]2C3)C=C1. The number of ether oxygens (including phenoxy) is 1. The van der Waals surface area contributed by atoms with Crippen LogP contribution in [-0.4, -0.2) is 24.0 Å². The Morgan fingerprint density at radius 1 is 1.24 bits per heavy atom. The summed E-state index contributed by atoms with van der Waals surface area (Å²) in [6.45, 7) is 8.48. The number of carbonyl (C=O) groups excluding carboxylic acids is 2. The van der Waals surface area contributed by atoms with Crippen molar-refractivity contribution in [2.24, 2.45) is 23.7 Å². The highest BCUT2D eigenvalue weighted by atomic mass is 79.9. The first-order chi connectivity index (χ1) is 16.2. The summed E-state index contributed by atoms with van der Waals surface area (Å²) in [6, 6.07) is 0. The van der Waals surface area contributed by atoms with E-state index in [1.807, 2.05) is 76.3 Å². The van der Waals surface area contributed by atoms with Gasteiger partial charge in [0.05, 0.1) is 12.1 Å². The first kappa shape index (κ1) is 26.2. The maximum Gasteiger partial charge on any atom is 0.330 e. The Morgan fingerprint density at radius 2 is 1.97 bits per heavy atom. The average Bonchev–Trinajstić information content (AvgIpc) is 3.06. The molecule has 0 aromatic rings. The number of rotatable bonds is 9. The second-order valence-electron chi connectivity index (χ2n) is 9.87. The van der Waals surface area contributed by atoms with E-state index in [0.29, 0.717) is 24.4 Å². The normalized spacial score (nSPS) is 26.7. The molecule has 0 radical (unpaired) electrons. The van der Waals surface area contributed by atoms with Crippen LogP contribution in [0, 0.1) is 23.7 Å². The number of hydrogen-bond acceptors (Lipinski definition) is 3. The van der Waals surface area contributed by atoms with Crippen molar-refractivity contribution in [3.8, 4) is 0 Å². The number of halogens is 1. The van der Waals surface area contributed by atoms with E-state index in [4.69, 9.17) is 4.74 Å². The summed E-state index contributed by atoms with van der Waals surface area (Å²) in [5, 5.41) is 3.29. The summed E-state index contributed by atoms with van der Waals surface area (Å²) in [5.41, 5.74) is 4.80. The molecule has 2 saturated carbocycles. The molecule has 2 bridgehead atoms. The van der Waals surface area contributed by atoms with E-state index in [1.54, 1.807) is 6.08 Å². The molecule has 2 fully saturated rings. The molecule has 3 rings (SSSR count). The van der Waals surface area contributed by atoms with Crippen LogP contribution in [0.25, 0.3) is 0 Å². The molecule has 4 nitrogen and oxygen atoms in total. The van der Waals surface area contributed by atoms with Gasteiger partial charge in [-0.3, -0.25) is 4.79 Å². The maximum absolute atomic E-state index is 13.2. The summed E-state index contributed by atoms with van der Waals surface area (Å²) in [7, 11) is 0. The number of nitrogens with one attached hydrogen (secondary N) is 1. The van der Waals surface area contributed by atoms with E-state index in [1.165, 1.54) is 0 Å². The Kier molecular flexibility index (Phi) is 9.16. The molecular weight excluding hydrogens is 490 g/mol. The molecule has 1 N–H and O–H groups in total. The van der Waals surface area contributed by atoms with Crippen LogP contribution in [0.15, 0.2) is 76.0 Å². The molecule has 0 aromatic heterocycles. The van der Waals surface area contributed by atoms with Gasteiger partial charge in [0.25, 0.3) is 0 Å². The topological polar surface area (TPSA) is 55.4 Å². The van der Waals surface area contributed by atoms with Crippen molar-refractivity contribution in [1.29, 1.82) is 0 Å². The van der Waals surface area contributed by atoms with Crippen LogP contribution in [0.3, 0.4) is 0 Å². The number of allylic oxidation sites excluding steroid dienone is 8. The Bertz CT molecular complexity index is 992. The molecule has 3 aliphatic carbocycles. The van der Waals surface area contributed by atoms with Crippen LogP contribution in [0.1, 0.15) is 53.4 Å². The summed E-state index contributed by atoms with van der Waals surface area (Å²) in [5.74, 6) is 1.03. The fourth-order valence-corrected chi connectivity index (χ4v) is 5.48. The van der Waals surface area contributed by atoms with Gasteiger partial charge in [-0.05, 0) is 94.1 Å². The third kappa shape index (κ3) is 6.61. The van der Waals surface area contributed by atoms with E-state index in [2.05, 4.69) is 27.0 Å². The minimum absolute atomic E-state index is 0.0573. The van der Waals surface area contributed by atoms with Gasteiger partial charge in [0, 0.05) is 22.0 Å². The Hall–Kier alpha value is -2.36. The molecule has 0 heterocycles. The molecule has 3 aliphatic rings. The fourth-order valence-electron chi connectivity index (χ4n) is 5.06. The molecule has 34 heavy (non-hydrogen) atoms. The highest BCUT2D eigenvalue weighted by Gasteiger charge is 2.50. The summed E-state index contributed by atoms with van der Waals surface area (Å²) in [4.78, 5) is 25.0. The lowest BCUT2D eigenvalue weighted by Gasteiger charge is -2.51. The molecular formula is C29H36BrNO3. The zero-order valence-corrected chi connectivity index (χ0v) is 22.2. The quantitative estimate of drug-likeness (QED) is 0.162. The minimum atomic E-state index is -0.529. The maximum atomic E-state index is 13.2. The zero-order chi connectivity index (χ0) is 24.7. The van der Waals surface area contributed by atoms with Crippen LogP contribution < -0.4 is 5.32 Å². The Balaban J connectivity index is 1.57. The monoisotopic (exact) mass is 525 g/mol. The summed E-state index contributed by atoms with van der Waals surface area (Å²) < 4.78 is 6.11. The van der Waals surface area contributed by atoms with Crippen molar-refractivity contribution in [3.63, 3.8) is 0 Å². The predicted octanol–water partition coefficient (Wildman–Crippen LogP) is 6.49. The van der Waals surface area contributed by atoms with Gasteiger partial charge in [0.15, 0.2) is 0 Å². The van der Waals surface area contributed by atoms with Crippen molar-refractivity contribution < 1.29 is 14.3 Å². The molecule has 0 spiro atoms. The van der Waals surface area contributed by atoms with Crippen molar-refractivity contribution >= 4 is 27.8 Å². The third-order valence-electron chi connectivity index (χ3n) is 6.84. The molecule has 182 valence electrons. The Labute approximate surface area is 212 Å². The van der Waals surface area contributed by atoms with Crippen molar-refractivity contribution in [1.82, 2.24) is 5.32 Å². The van der Waals surface area contributed by atoms with Gasteiger partial charge >= 0.3 is 5.97 Å². The van der Waals surface area contributed by atoms with Gasteiger partial charge in [-0.15, -0.1) is 5.73 Å². The number of carbonyl (C=O) groups is 2. The van der Waals surface area contributed by atoms with Gasteiger partial charge in [-0.1, -0.05) is 47.2 Å². The average molecular weight is 527 g/mol. The van der Waals surface area contributed by atoms with Crippen LogP contribution >= 0.6 is 15.9 Å². The fraction of sp³-hybridized carbons (Fsp3) is 0.483. The second kappa shape index (κ2) is 11.9. The number of amides is 1. The minimum Gasteiger partial charge on any atom is -0.463 e. The first-order valence-electron chi connectivity index (χ1n) is 12.3. The number of fused-ring (bicyclic) bond motifs is 2. The largest absolute Gasteiger partial charge is 0.463 e. The first-order valence-corrected chi connectivity index (χ1v) is 13.1. The Morgan fingerprint density at radius 3 is 2.65 bits per heavy atom. The standard InChI is InChI=1S/C29H36BrNO3/c1-5-7-11-25(30)21-9-8-10-24(14-13-21)29(3,4)31-28(33)27-22-17-20(18-23(27)19-22)12-15-26(32)34-16-6-2/h5,7-9,11-15,20,22-23,27H,6,16-19H2,1-4H3,(H,31,33)/b7-5-,15-12+,25-11+/t20?,22-,23+,27?. The van der Waals surface area contributed by atoms with Crippen LogP contribution in [0.5, 0.6) is 0 Å². The van der Waals surface area contributed by atoms with Gasteiger partial charge < -0.3 is 10.1 Å². The van der Waals surface area contributed by atoms with Gasteiger partial charge in [-0.25, -0.2) is 4.79 Å². The van der Waals surface area contributed by atoms with Crippen LogP contribution in [0.2, 0.25) is 0 Å². The smallest absolute Gasteiger partial charge is 0.330 e. The van der Waals surface area contributed by atoms with Crippen LogP contribution in [0.4, 0.5) is 0 Å². The molecule has 0 aliphatic heterocycles. The zero-order valence-electron chi connectivity index (χ0n) is 20.6. The van der Waals surface area contributed by atoms with Gasteiger partial charge in [-0.2, -0.15) is 0 Å². The highest BCUT2D eigenvalue weighted by Crippen LogP contribution is 2.53. The van der Waals surface area contributed by atoms with E-state index in [9.17, 15) is 9.59 Å². The van der Waals surface area contributed by atoms with E-state index in [0.717, 1.165) is 41.3 Å². The lowest BCUT2D eigenvalue weighted by Crippen LogP contribution is -2.56. The summed E-state index contributed by atoms with van der Waals surface area (Å²) >= 11 is 3.62. The molecule has 4 atom stereocenters. The highest BCUT2D eigenvalue weighted by molar-refractivity contribution is 9.12. The van der Waals surface area contributed by atoms with Gasteiger partial charge in [0.1, 0.15) is 0 Å². The van der Waals surface area contributed by atoms with E-state index < -0.39 is 5.54 Å². The predicted molar refractivity (Wildman–Crippen MR) is 141 cm³/mol. The van der Waals surface area contributed by atoms with Gasteiger partial charge in [0.2, 0.25) is 5.91 Å². The van der Waals surface area contributed by atoms with E-state index >= 15 is 0 Å². The summed E-state index contributed by atoms with van der Waals surface area (Å²) in [6.07, 6.45) is 21.3. The van der Waals surface area contributed by atoms with Crippen molar-refractivity contribution in [2.45, 2.75) is 58.9 Å². The molecule has 1 amide bonds. The second-order valence-corrected chi connectivity index (χ2v) is 10.7. The lowest BCUT2D eigenvalue weighted by molar-refractivity contribution is -0.141. The molecule has 5 heteroatoms. The number of esters is 1.